The summed E-state index contributed by atoms with van der Waals surface area (Å²) in [5, 5.41) is 7.45. The van der Waals surface area contributed by atoms with Gasteiger partial charge in [-0.15, -0.1) is 0 Å². The molecule has 0 aliphatic carbocycles. The van der Waals surface area contributed by atoms with Gasteiger partial charge in [-0.3, -0.25) is 0 Å². The minimum absolute atomic E-state index is 0.100. The van der Waals surface area contributed by atoms with Crippen molar-refractivity contribution in [2.75, 3.05) is 0 Å². The molecule has 3 heteroatoms. The molecule has 0 spiro atoms. The summed E-state index contributed by atoms with van der Waals surface area (Å²) in [6, 6.07) is 68.3. The fraction of sp³-hybridized carbons (Fsp3) is 0. The minimum atomic E-state index is -3.62. The van der Waals surface area contributed by atoms with E-state index < -0.39 is 68.5 Å². The van der Waals surface area contributed by atoms with E-state index in [1.807, 2.05) is 120 Å². The highest BCUT2D eigenvalue weighted by atomic mass is 28.3. The van der Waals surface area contributed by atoms with Gasteiger partial charge >= 0.3 is 0 Å². The quantitative estimate of drug-likeness (QED) is 0.101. The Bertz CT molecular complexity index is 4360. The van der Waals surface area contributed by atoms with E-state index in [0.717, 1.165) is 65.0 Å². The average Bonchev–Trinajstić information content (AvgIpc) is 4.24. The SMILES string of the molecule is [2H]c1c([2H])c([2H])c(-c2cc([Si](c3ccccc3)(c3ccccc3)c3ccccc3)cc(-c3c([2H])c([2H])c([2H])c([2H])c3[2H])c2-n2c3ccccc3c3cc(-c4cccc5c6ccccc6n(-c6ccccc6)c45)ccc32)c([2H])c1[2H]. The first-order valence-electron chi connectivity index (χ1n) is 28.0. The van der Waals surface area contributed by atoms with Crippen LogP contribution in [0.25, 0.3) is 88.4 Å². The van der Waals surface area contributed by atoms with Gasteiger partial charge in [0.1, 0.15) is 0 Å². The molecule has 0 amide bonds. The second kappa shape index (κ2) is 16.8. The molecule has 0 fully saturated rings. The lowest BCUT2D eigenvalue weighted by Crippen LogP contribution is -2.74. The number of aromatic nitrogens is 2. The molecule has 0 bridgehead atoms. The maximum absolute atomic E-state index is 9.77. The second-order valence-corrected chi connectivity index (χ2v) is 21.1. The predicted octanol–water partition coefficient (Wildman–Crippen LogP) is 14.3. The average molecular weight is 905 g/mol. The molecule has 0 N–H and O–H groups in total. The summed E-state index contributed by atoms with van der Waals surface area (Å²) in [5.41, 5.74) is 6.91. The van der Waals surface area contributed by atoms with Gasteiger partial charge in [-0.05, 0) is 73.8 Å². The maximum Gasteiger partial charge on any atom is 0.179 e. The van der Waals surface area contributed by atoms with Gasteiger partial charge in [0.25, 0.3) is 0 Å². The van der Waals surface area contributed by atoms with Crippen LogP contribution in [-0.2, 0) is 0 Å². The van der Waals surface area contributed by atoms with Crippen molar-refractivity contribution in [1.29, 1.82) is 0 Å². The molecular formula is C66H46N2Si. The fourth-order valence-corrected chi connectivity index (χ4v) is 15.6. The Labute approximate surface area is 417 Å². The molecule has 69 heavy (non-hydrogen) atoms. The zero-order valence-electron chi connectivity index (χ0n) is 47.2. The summed E-state index contributed by atoms with van der Waals surface area (Å²) >= 11 is 0. The van der Waals surface area contributed by atoms with Crippen molar-refractivity contribution >= 4 is 72.4 Å². The molecule has 0 aliphatic heterocycles. The lowest BCUT2D eigenvalue weighted by Gasteiger charge is -2.36. The topological polar surface area (TPSA) is 9.86 Å². The molecule has 2 nitrogen and oxygen atoms in total. The molecule has 0 radical (unpaired) electrons. The molecule has 0 atom stereocenters. The highest BCUT2D eigenvalue weighted by molar-refractivity contribution is 7.20. The number of nitrogens with zero attached hydrogens (tertiary/aromatic N) is 2. The summed E-state index contributed by atoms with van der Waals surface area (Å²) in [7, 11) is -3.62. The third-order valence-corrected chi connectivity index (χ3v) is 18.4. The van der Waals surface area contributed by atoms with Gasteiger partial charge in [0, 0.05) is 43.9 Å². The minimum Gasteiger partial charge on any atom is -0.309 e. The lowest BCUT2D eigenvalue weighted by molar-refractivity contribution is 1.18. The van der Waals surface area contributed by atoms with Crippen LogP contribution >= 0.6 is 0 Å². The molecule has 0 unspecified atom stereocenters. The van der Waals surface area contributed by atoms with Gasteiger partial charge in [-0.25, -0.2) is 0 Å². The maximum atomic E-state index is 9.77. The number of hydrogen-bond donors (Lipinski definition) is 0. The van der Waals surface area contributed by atoms with Gasteiger partial charge < -0.3 is 9.13 Å². The number of hydrogen-bond acceptors (Lipinski definition) is 0. The van der Waals surface area contributed by atoms with Crippen molar-refractivity contribution in [1.82, 2.24) is 9.13 Å². The summed E-state index contributed by atoms with van der Waals surface area (Å²) in [6.45, 7) is 0. The Morgan fingerprint density at radius 2 is 0.754 bits per heavy atom. The van der Waals surface area contributed by atoms with Crippen LogP contribution in [-0.4, -0.2) is 17.2 Å². The second-order valence-electron chi connectivity index (χ2n) is 17.2. The first-order chi connectivity index (χ1) is 38.4. The van der Waals surface area contributed by atoms with E-state index in [4.69, 9.17) is 2.74 Å². The van der Waals surface area contributed by atoms with E-state index >= 15 is 0 Å². The van der Waals surface area contributed by atoms with Crippen molar-refractivity contribution < 1.29 is 13.7 Å². The number of benzene rings is 11. The molecule has 2 aromatic heterocycles. The van der Waals surface area contributed by atoms with Gasteiger partial charge in [0.05, 0.1) is 41.5 Å². The molecule has 324 valence electrons. The van der Waals surface area contributed by atoms with Gasteiger partial charge in [-0.2, -0.15) is 0 Å². The molecule has 13 aromatic rings. The van der Waals surface area contributed by atoms with E-state index in [0.29, 0.717) is 16.2 Å². The molecule has 0 saturated carbocycles. The van der Waals surface area contributed by atoms with Crippen LogP contribution in [0.1, 0.15) is 13.7 Å². The number of para-hydroxylation sites is 4. The van der Waals surface area contributed by atoms with Crippen LogP contribution in [0.2, 0.25) is 0 Å². The van der Waals surface area contributed by atoms with E-state index in [1.54, 1.807) is 0 Å². The van der Waals surface area contributed by atoms with Crippen molar-refractivity contribution in [2.45, 2.75) is 0 Å². The van der Waals surface area contributed by atoms with Crippen molar-refractivity contribution in [2.24, 2.45) is 0 Å². The Morgan fingerprint density at radius 1 is 0.304 bits per heavy atom. The Hall–Kier alpha value is -8.76. The predicted molar refractivity (Wildman–Crippen MR) is 295 cm³/mol. The normalized spacial score (nSPS) is 13.8. The van der Waals surface area contributed by atoms with Crippen LogP contribution in [0.4, 0.5) is 0 Å². The first-order valence-corrected chi connectivity index (χ1v) is 25.0. The standard InChI is InChI=1S/C66H46N2Si/c1-7-24-47(25-8-1)59-45-54(69(51-30-13-4-14-31-51,52-32-15-5-16-33-52)53-34-17-6-18-35-53)46-60(48-26-9-2-10-27-48)66(59)68-63-41-22-20-37-57(63)61-44-49(42-43-64(61)68)55-38-23-39-58-56-36-19-21-40-62(56)67(65(55)58)50-28-11-3-12-29-50/h1-46H/i1D,2D,7D,8D,9D,10D,24D,25D,26D,27D. The van der Waals surface area contributed by atoms with Crippen LogP contribution in [0.3, 0.4) is 0 Å². The highest BCUT2D eigenvalue weighted by Crippen LogP contribution is 2.44. The van der Waals surface area contributed by atoms with E-state index in [1.165, 1.54) is 0 Å². The van der Waals surface area contributed by atoms with Crippen LogP contribution in [0, 0.1) is 0 Å². The van der Waals surface area contributed by atoms with E-state index in [9.17, 15) is 11.0 Å². The molecule has 0 aliphatic rings. The van der Waals surface area contributed by atoms with Crippen molar-refractivity contribution in [3.8, 4) is 44.8 Å². The zero-order valence-corrected chi connectivity index (χ0v) is 38.2. The van der Waals surface area contributed by atoms with Crippen molar-refractivity contribution in [3.05, 3.63) is 279 Å². The largest absolute Gasteiger partial charge is 0.309 e. The van der Waals surface area contributed by atoms with Gasteiger partial charge in [0.15, 0.2) is 8.07 Å². The van der Waals surface area contributed by atoms with E-state index in [-0.39, 0.29) is 27.9 Å². The molecule has 13 rings (SSSR count). The Kier molecular flexibility index (Phi) is 7.63. The molecule has 0 saturated heterocycles. The van der Waals surface area contributed by atoms with Gasteiger partial charge in [-0.1, -0.05) is 242 Å². The smallest absolute Gasteiger partial charge is 0.179 e. The summed E-state index contributed by atoms with van der Waals surface area (Å²) in [6.07, 6.45) is 0. The summed E-state index contributed by atoms with van der Waals surface area (Å²) in [5.74, 6) is 0. The van der Waals surface area contributed by atoms with Crippen LogP contribution < -0.4 is 20.7 Å². The third kappa shape index (κ3) is 6.54. The first kappa shape index (κ1) is 31.3. The number of fused-ring (bicyclic) bond motifs is 6. The summed E-state index contributed by atoms with van der Waals surface area (Å²) < 4.78 is 97.7. The lowest BCUT2D eigenvalue weighted by atomic mass is 9.95. The van der Waals surface area contributed by atoms with E-state index in [2.05, 4.69) is 108 Å². The molecule has 2 heterocycles. The Balaban J connectivity index is 1.22. The highest BCUT2D eigenvalue weighted by Gasteiger charge is 2.42. The summed E-state index contributed by atoms with van der Waals surface area (Å²) in [4.78, 5) is 0. The molecular weight excluding hydrogens is 849 g/mol. The Morgan fingerprint density at radius 3 is 1.30 bits per heavy atom. The monoisotopic (exact) mass is 904 g/mol. The molecule has 11 aromatic carbocycles. The van der Waals surface area contributed by atoms with Gasteiger partial charge in [0.2, 0.25) is 0 Å². The van der Waals surface area contributed by atoms with Crippen molar-refractivity contribution in [3.63, 3.8) is 0 Å². The van der Waals surface area contributed by atoms with Crippen LogP contribution in [0.15, 0.2) is 279 Å². The third-order valence-electron chi connectivity index (χ3n) is 13.6. The number of rotatable bonds is 9. The van der Waals surface area contributed by atoms with Crippen LogP contribution in [0.5, 0.6) is 0 Å². The fourth-order valence-electron chi connectivity index (χ4n) is 10.8. The zero-order chi connectivity index (χ0) is 54.4.